The van der Waals surface area contributed by atoms with Gasteiger partial charge in [-0.15, -0.1) is 0 Å². The van der Waals surface area contributed by atoms with Gasteiger partial charge in [0.05, 0.1) is 12.1 Å². The maximum absolute atomic E-state index is 12.3. The molecule has 0 saturated heterocycles. The first kappa shape index (κ1) is 21.5. The van der Waals surface area contributed by atoms with Gasteiger partial charge in [0.25, 0.3) is 0 Å². The zero-order chi connectivity index (χ0) is 20.2. The van der Waals surface area contributed by atoms with Crippen molar-refractivity contribution in [3.8, 4) is 5.75 Å². The Bertz CT molecular complexity index is 849. The number of halogens is 1. The number of fused-ring (bicyclic) bond motifs is 1. The fourth-order valence-corrected chi connectivity index (χ4v) is 3.24. The minimum absolute atomic E-state index is 0.155. The van der Waals surface area contributed by atoms with Crippen LogP contribution >= 0.6 is 19.8 Å². The summed E-state index contributed by atoms with van der Waals surface area (Å²) >= 11 is 5.87. The summed E-state index contributed by atoms with van der Waals surface area (Å²) in [6, 6.07) is 7.66. The van der Waals surface area contributed by atoms with Crippen LogP contribution in [-0.2, 0) is 9.53 Å². The molecule has 0 amide bonds. The van der Waals surface area contributed by atoms with Crippen molar-refractivity contribution in [3.63, 3.8) is 0 Å². The first-order valence-electron chi connectivity index (χ1n) is 8.64. The fourth-order valence-electron chi connectivity index (χ4n) is 2.18. The van der Waals surface area contributed by atoms with Gasteiger partial charge in [0.1, 0.15) is 5.15 Å². The van der Waals surface area contributed by atoms with E-state index >= 15 is 0 Å². The zero-order valence-electron chi connectivity index (χ0n) is 16.1. The summed E-state index contributed by atoms with van der Waals surface area (Å²) in [6.45, 7) is 9.80. The summed E-state index contributed by atoms with van der Waals surface area (Å²) < 4.78 is 14.8. The second-order valence-corrected chi connectivity index (χ2v) is 9.07. The Balaban J connectivity index is 2.13. The SMILES string of the molecule is CC(C)[C@H](N=[P+]([O-])Oc1ccc2nc(Cl)ccc2c1)C(=O)OCC(C)(C)C. The molecule has 0 N–H and O–H groups in total. The van der Waals surface area contributed by atoms with Crippen LogP contribution < -0.4 is 9.42 Å². The van der Waals surface area contributed by atoms with Crippen molar-refractivity contribution < 1.29 is 18.9 Å². The van der Waals surface area contributed by atoms with Gasteiger partial charge in [-0.1, -0.05) is 51.0 Å². The first-order valence-corrected chi connectivity index (χ1v) is 10.1. The summed E-state index contributed by atoms with van der Waals surface area (Å²) in [5.41, 5.74) is 0.547. The molecule has 8 heteroatoms. The van der Waals surface area contributed by atoms with E-state index < -0.39 is 20.2 Å². The third-order valence-corrected chi connectivity index (χ3v) is 4.56. The number of carbonyl (C=O) groups is 1. The molecule has 146 valence electrons. The first-order chi connectivity index (χ1) is 12.5. The van der Waals surface area contributed by atoms with Gasteiger partial charge in [-0.3, -0.25) is 4.52 Å². The van der Waals surface area contributed by atoms with E-state index in [2.05, 4.69) is 9.73 Å². The molecule has 0 radical (unpaired) electrons. The molecule has 27 heavy (non-hydrogen) atoms. The molecule has 1 unspecified atom stereocenters. The Labute approximate surface area is 165 Å². The Morgan fingerprint density at radius 2 is 2.00 bits per heavy atom. The molecular formula is C19H24ClN2O4P. The Morgan fingerprint density at radius 1 is 1.30 bits per heavy atom. The predicted molar refractivity (Wildman–Crippen MR) is 106 cm³/mol. The molecule has 0 saturated carbocycles. The lowest BCUT2D eigenvalue weighted by Crippen LogP contribution is -2.30. The molecule has 1 aromatic carbocycles. The van der Waals surface area contributed by atoms with Gasteiger partial charge < -0.3 is 9.63 Å². The molecule has 2 atom stereocenters. The van der Waals surface area contributed by atoms with Crippen molar-refractivity contribution in [3.05, 3.63) is 35.5 Å². The molecule has 0 bridgehead atoms. The van der Waals surface area contributed by atoms with Crippen LogP contribution in [0.2, 0.25) is 5.15 Å². The Hall–Kier alpha value is -1.75. The van der Waals surface area contributed by atoms with E-state index in [1.54, 1.807) is 30.3 Å². The molecule has 2 aromatic rings. The molecule has 0 aliphatic rings. The van der Waals surface area contributed by atoms with Crippen molar-refractivity contribution in [2.45, 2.75) is 40.7 Å². The smallest absolute Gasteiger partial charge is 0.395 e. The number of hydrogen-bond acceptors (Lipinski definition) is 6. The average molecular weight is 411 g/mol. The number of rotatable bonds is 6. The van der Waals surface area contributed by atoms with Crippen molar-refractivity contribution in [1.82, 2.24) is 4.98 Å². The van der Waals surface area contributed by atoms with Crippen molar-refractivity contribution in [2.24, 2.45) is 16.1 Å². The number of nitrogens with zero attached hydrogens (tertiary/aromatic N) is 2. The fraction of sp³-hybridized carbons (Fsp3) is 0.474. The lowest BCUT2D eigenvalue weighted by molar-refractivity contribution is -0.170. The molecule has 1 heterocycles. The standard InChI is InChI=1S/C19H24ClN2O4P/c1-12(2)17(18(23)25-11-19(3,4)5)22-27(24)26-14-7-8-15-13(10-14)6-9-16(20)21-15/h6-10,12,17H,11H2,1-5H3/t17-/m0/s1. The number of aromatic nitrogens is 1. The topological polar surface area (TPSA) is 83.8 Å². The van der Waals surface area contributed by atoms with E-state index in [1.807, 2.05) is 34.6 Å². The lowest BCUT2D eigenvalue weighted by Gasteiger charge is -2.20. The van der Waals surface area contributed by atoms with E-state index in [9.17, 15) is 9.69 Å². The average Bonchev–Trinajstić information content (AvgIpc) is 2.57. The Kier molecular flexibility index (Phi) is 7.15. The van der Waals surface area contributed by atoms with E-state index in [1.165, 1.54) is 0 Å². The van der Waals surface area contributed by atoms with Gasteiger partial charge >= 0.3 is 14.1 Å². The second-order valence-electron chi connectivity index (χ2n) is 7.79. The van der Waals surface area contributed by atoms with E-state index in [4.69, 9.17) is 20.9 Å². The van der Waals surface area contributed by atoms with Crippen molar-refractivity contribution in [1.29, 1.82) is 0 Å². The second kappa shape index (κ2) is 8.96. The van der Waals surface area contributed by atoms with Crippen LogP contribution in [0.25, 0.3) is 10.9 Å². The van der Waals surface area contributed by atoms with Gasteiger partial charge in [0.2, 0.25) is 0 Å². The number of pyridine rings is 1. The molecule has 0 aliphatic heterocycles. The summed E-state index contributed by atoms with van der Waals surface area (Å²) in [5.74, 6) is -0.283. The van der Waals surface area contributed by atoms with Gasteiger partial charge in [0, 0.05) is 5.39 Å². The van der Waals surface area contributed by atoms with Crippen LogP contribution in [0, 0.1) is 11.3 Å². The van der Waals surface area contributed by atoms with Crippen LogP contribution in [-0.4, -0.2) is 23.6 Å². The van der Waals surface area contributed by atoms with E-state index in [-0.39, 0.29) is 17.9 Å². The molecule has 0 spiro atoms. The molecular weight excluding hydrogens is 387 g/mol. The minimum atomic E-state index is -2.43. The Morgan fingerprint density at radius 3 is 2.63 bits per heavy atom. The van der Waals surface area contributed by atoms with Crippen LogP contribution in [0.1, 0.15) is 34.6 Å². The highest BCUT2D eigenvalue weighted by molar-refractivity contribution is 7.34. The number of esters is 1. The van der Waals surface area contributed by atoms with Crippen LogP contribution in [0.15, 0.2) is 35.1 Å². The normalized spacial score (nSPS) is 13.7. The molecule has 0 aliphatic carbocycles. The quantitative estimate of drug-likeness (QED) is 0.390. The van der Waals surface area contributed by atoms with Crippen molar-refractivity contribution in [2.75, 3.05) is 6.61 Å². The lowest BCUT2D eigenvalue weighted by atomic mass is 9.98. The van der Waals surface area contributed by atoms with Crippen LogP contribution in [0.4, 0.5) is 0 Å². The highest BCUT2D eigenvalue weighted by Gasteiger charge is 2.28. The highest BCUT2D eigenvalue weighted by Crippen LogP contribution is 2.29. The third kappa shape index (κ3) is 6.73. The van der Waals surface area contributed by atoms with E-state index in [0.717, 1.165) is 5.39 Å². The summed E-state index contributed by atoms with van der Waals surface area (Å²) in [4.78, 5) is 28.8. The van der Waals surface area contributed by atoms with Crippen molar-refractivity contribution >= 4 is 36.6 Å². The third-order valence-electron chi connectivity index (χ3n) is 3.55. The molecule has 6 nitrogen and oxygen atoms in total. The maximum Gasteiger partial charge on any atom is 0.395 e. The van der Waals surface area contributed by atoms with E-state index in [0.29, 0.717) is 16.4 Å². The minimum Gasteiger partial charge on any atom is -0.575 e. The summed E-state index contributed by atoms with van der Waals surface area (Å²) in [6.07, 6.45) is 0. The molecule has 2 rings (SSSR count). The molecule has 0 fully saturated rings. The van der Waals surface area contributed by atoms with Crippen LogP contribution in [0.3, 0.4) is 0 Å². The zero-order valence-corrected chi connectivity index (χ0v) is 17.8. The summed E-state index contributed by atoms with van der Waals surface area (Å²) in [7, 11) is -2.43. The van der Waals surface area contributed by atoms with Gasteiger partial charge in [0.15, 0.2) is 11.8 Å². The van der Waals surface area contributed by atoms with Gasteiger partial charge in [-0.05, 0) is 41.7 Å². The number of benzene rings is 1. The number of carbonyl (C=O) groups excluding carboxylic acids is 1. The van der Waals surface area contributed by atoms with Gasteiger partial charge in [-0.2, -0.15) is 0 Å². The predicted octanol–water partition coefficient (Wildman–Crippen LogP) is 4.74. The summed E-state index contributed by atoms with van der Waals surface area (Å²) in [5, 5.41) is 1.19. The van der Waals surface area contributed by atoms with Crippen LogP contribution in [0.5, 0.6) is 5.75 Å². The maximum atomic E-state index is 12.3. The largest absolute Gasteiger partial charge is 0.575 e. The van der Waals surface area contributed by atoms with Gasteiger partial charge in [-0.25, -0.2) is 9.78 Å². The number of ether oxygens (including phenoxy) is 1. The molecule has 1 aromatic heterocycles. The number of hydrogen-bond donors (Lipinski definition) is 0. The monoisotopic (exact) mass is 410 g/mol. The highest BCUT2D eigenvalue weighted by atomic mass is 35.5.